The Morgan fingerprint density at radius 1 is 1.45 bits per heavy atom. The molecule has 5 heteroatoms. The summed E-state index contributed by atoms with van der Waals surface area (Å²) >= 11 is 0. The molecule has 1 aromatic heterocycles. The number of hydrogen-bond acceptors (Lipinski definition) is 5. The number of pyridine rings is 1. The highest BCUT2D eigenvalue weighted by Crippen LogP contribution is 2.33. The summed E-state index contributed by atoms with van der Waals surface area (Å²) < 4.78 is 5.92. The predicted octanol–water partition coefficient (Wildman–Crippen LogP) is 2.41. The van der Waals surface area contributed by atoms with Gasteiger partial charge in [0.05, 0.1) is 30.1 Å². The number of aliphatic hydroxyl groups is 1. The van der Waals surface area contributed by atoms with Crippen LogP contribution in [-0.2, 0) is 24.2 Å². The smallest absolute Gasteiger partial charge is 0.144 e. The van der Waals surface area contributed by atoms with Crippen LogP contribution in [0.3, 0.4) is 0 Å². The van der Waals surface area contributed by atoms with Crippen LogP contribution in [0.5, 0.6) is 0 Å². The molecule has 5 nitrogen and oxygen atoms in total. The topological polar surface area (TPSA) is 78.2 Å². The summed E-state index contributed by atoms with van der Waals surface area (Å²) in [6.45, 7) is 9.30. The number of nitrogens with one attached hydrogen (secondary N) is 1. The van der Waals surface area contributed by atoms with Gasteiger partial charge in [-0.25, -0.2) is 4.98 Å². The third-order valence-corrected chi connectivity index (χ3v) is 3.83. The molecule has 0 saturated carbocycles. The van der Waals surface area contributed by atoms with Crippen LogP contribution < -0.4 is 5.32 Å². The van der Waals surface area contributed by atoms with Gasteiger partial charge in [0.2, 0.25) is 0 Å². The maximum atomic E-state index is 9.58. The largest absolute Gasteiger partial charge is 0.395 e. The van der Waals surface area contributed by atoms with E-state index >= 15 is 0 Å². The molecule has 2 rings (SSSR count). The van der Waals surface area contributed by atoms with Crippen LogP contribution in [0.2, 0.25) is 0 Å². The molecule has 0 amide bonds. The van der Waals surface area contributed by atoms with Gasteiger partial charge in [-0.3, -0.25) is 0 Å². The fourth-order valence-corrected chi connectivity index (χ4v) is 2.82. The van der Waals surface area contributed by atoms with Crippen LogP contribution in [-0.4, -0.2) is 28.8 Å². The Morgan fingerprint density at radius 3 is 2.77 bits per heavy atom. The van der Waals surface area contributed by atoms with Crippen LogP contribution in [0, 0.1) is 17.2 Å². The summed E-state index contributed by atoms with van der Waals surface area (Å²) in [4.78, 5) is 4.66. The summed E-state index contributed by atoms with van der Waals surface area (Å²) in [5.74, 6) is 1.03. The van der Waals surface area contributed by atoms with Crippen LogP contribution in [0.25, 0.3) is 0 Å². The van der Waals surface area contributed by atoms with E-state index in [0.717, 1.165) is 29.7 Å². The molecule has 1 aliphatic heterocycles. The molecule has 2 N–H and O–H groups in total. The van der Waals surface area contributed by atoms with Crippen LogP contribution in [0.1, 0.15) is 50.1 Å². The Morgan fingerprint density at radius 2 is 2.18 bits per heavy atom. The normalized spacial score (nSPS) is 16.2. The van der Waals surface area contributed by atoms with E-state index in [0.29, 0.717) is 30.5 Å². The average Bonchev–Trinajstić information content (AvgIpc) is 2.43. The first-order chi connectivity index (χ1) is 10.4. The molecule has 0 atom stereocenters. The van der Waals surface area contributed by atoms with E-state index in [1.54, 1.807) is 0 Å². The number of nitrogens with zero attached hydrogens (tertiary/aromatic N) is 2. The van der Waals surface area contributed by atoms with Gasteiger partial charge in [-0.15, -0.1) is 0 Å². The molecule has 0 spiro atoms. The standard InChI is InChI=1S/C17H25N3O2/c1-11(2)7-12-13(9-18)16(19-5-6-21)20-15-8-17(3,4)22-10-14(12)15/h11,21H,5-8,10H2,1-4H3,(H,19,20). The number of ether oxygens (including phenoxy) is 1. The molecular weight excluding hydrogens is 278 g/mol. The second kappa shape index (κ2) is 6.64. The van der Waals surface area contributed by atoms with Gasteiger partial charge in [-0.1, -0.05) is 13.8 Å². The van der Waals surface area contributed by atoms with Crippen molar-refractivity contribution >= 4 is 5.82 Å². The van der Waals surface area contributed by atoms with E-state index in [1.165, 1.54) is 0 Å². The van der Waals surface area contributed by atoms with Gasteiger partial charge < -0.3 is 15.2 Å². The van der Waals surface area contributed by atoms with Crippen molar-refractivity contribution in [1.29, 1.82) is 5.26 Å². The summed E-state index contributed by atoms with van der Waals surface area (Å²) in [7, 11) is 0. The number of nitriles is 1. The maximum absolute atomic E-state index is 9.58. The van der Waals surface area contributed by atoms with Gasteiger partial charge in [0.15, 0.2) is 0 Å². The minimum absolute atomic E-state index is 0.0117. The monoisotopic (exact) mass is 303 g/mol. The van der Waals surface area contributed by atoms with E-state index in [1.807, 2.05) is 0 Å². The molecule has 0 saturated heterocycles. The third kappa shape index (κ3) is 3.57. The number of hydrogen-bond donors (Lipinski definition) is 2. The quantitative estimate of drug-likeness (QED) is 0.873. The van der Waals surface area contributed by atoms with Gasteiger partial charge in [0.25, 0.3) is 0 Å². The minimum atomic E-state index is -0.239. The van der Waals surface area contributed by atoms with Gasteiger partial charge >= 0.3 is 0 Å². The second-order valence-corrected chi connectivity index (χ2v) is 6.82. The highest BCUT2D eigenvalue weighted by molar-refractivity contribution is 5.60. The fraction of sp³-hybridized carbons (Fsp3) is 0.647. The lowest BCUT2D eigenvalue weighted by molar-refractivity contribution is -0.0416. The SMILES string of the molecule is CC(C)Cc1c(C#N)c(NCCO)nc2c1COC(C)(C)C2. The fourth-order valence-electron chi connectivity index (χ4n) is 2.82. The number of rotatable bonds is 5. The molecule has 2 heterocycles. The summed E-state index contributed by atoms with van der Waals surface area (Å²) in [5.41, 5.74) is 3.46. The highest BCUT2D eigenvalue weighted by atomic mass is 16.5. The highest BCUT2D eigenvalue weighted by Gasteiger charge is 2.31. The lowest BCUT2D eigenvalue weighted by Gasteiger charge is -2.33. The van der Waals surface area contributed by atoms with E-state index in [2.05, 4.69) is 44.1 Å². The van der Waals surface area contributed by atoms with Crippen molar-refractivity contribution in [3.8, 4) is 6.07 Å². The average molecular weight is 303 g/mol. The number of fused-ring (bicyclic) bond motifs is 1. The Balaban J connectivity index is 2.55. The molecule has 1 aromatic rings. The van der Waals surface area contributed by atoms with Crippen LogP contribution in [0.15, 0.2) is 0 Å². The second-order valence-electron chi connectivity index (χ2n) is 6.82. The number of aromatic nitrogens is 1. The van der Waals surface area contributed by atoms with Crippen molar-refractivity contribution in [2.45, 2.75) is 52.7 Å². The van der Waals surface area contributed by atoms with Crippen LogP contribution in [0.4, 0.5) is 5.82 Å². The molecule has 120 valence electrons. The first-order valence-corrected chi connectivity index (χ1v) is 7.81. The lowest BCUT2D eigenvalue weighted by Crippen LogP contribution is -2.34. The zero-order valence-electron chi connectivity index (χ0n) is 13.9. The number of aliphatic hydroxyl groups excluding tert-OH is 1. The Labute approximate surface area is 132 Å². The zero-order chi connectivity index (χ0) is 16.3. The van der Waals surface area contributed by atoms with Crippen molar-refractivity contribution in [1.82, 2.24) is 4.98 Å². The van der Waals surface area contributed by atoms with E-state index < -0.39 is 0 Å². The lowest BCUT2D eigenvalue weighted by atomic mass is 9.88. The molecule has 0 unspecified atom stereocenters. The number of anilines is 1. The first-order valence-electron chi connectivity index (χ1n) is 7.81. The summed E-state index contributed by atoms with van der Waals surface area (Å²) in [5, 5.41) is 21.7. The molecule has 0 bridgehead atoms. The maximum Gasteiger partial charge on any atom is 0.144 e. The van der Waals surface area contributed by atoms with Crippen molar-refractivity contribution in [2.75, 3.05) is 18.5 Å². The van der Waals surface area contributed by atoms with Gasteiger partial charge in [-0.2, -0.15) is 5.26 Å². The van der Waals surface area contributed by atoms with Crippen molar-refractivity contribution < 1.29 is 9.84 Å². The minimum Gasteiger partial charge on any atom is -0.395 e. The first kappa shape index (κ1) is 16.7. The van der Waals surface area contributed by atoms with Crippen LogP contribution >= 0.6 is 0 Å². The van der Waals surface area contributed by atoms with Gasteiger partial charge in [0, 0.05) is 18.5 Å². The third-order valence-electron chi connectivity index (χ3n) is 3.83. The molecule has 0 aliphatic carbocycles. The van der Waals surface area contributed by atoms with E-state index in [4.69, 9.17) is 9.84 Å². The van der Waals surface area contributed by atoms with Gasteiger partial charge in [-0.05, 0) is 31.7 Å². The van der Waals surface area contributed by atoms with Crippen molar-refractivity contribution in [3.63, 3.8) is 0 Å². The van der Waals surface area contributed by atoms with Crippen molar-refractivity contribution in [3.05, 3.63) is 22.4 Å². The van der Waals surface area contributed by atoms with Crippen molar-refractivity contribution in [2.24, 2.45) is 5.92 Å². The van der Waals surface area contributed by atoms with E-state index in [-0.39, 0.29) is 12.2 Å². The van der Waals surface area contributed by atoms with Gasteiger partial charge in [0.1, 0.15) is 11.9 Å². The summed E-state index contributed by atoms with van der Waals surface area (Å²) in [6.07, 6.45) is 1.55. The molecule has 0 fully saturated rings. The zero-order valence-corrected chi connectivity index (χ0v) is 13.9. The molecule has 22 heavy (non-hydrogen) atoms. The molecule has 0 radical (unpaired) electrons. The Kier molecular flexibility index (Phi) is 5.05. The Bertz CT molecular complexity index is 589. The van der Waals surface area contributed by atoms with E-state index in [9.17, 15) is 5.26 Å². The molecule has 0 aromatic carbocycles. The molecule has 1 aliphatic rings. The molecular formula is C17H25N3O2. The summed E-state index contributed by atoms with van der Waals surface area (Å²) in [6, 6.07) is 2.29. The Hall–Kier alpha value is -1.64. The predicted molar refractivity (Wildman–Crippen MR) is 85.6 cm³/mol.